The predicted octanol–water partition coefficient (Wildman–Crippen LogP) is 0.368. The first-order valence-electron chi connectivity index (χ1n) is 7.13. The largest absolute Gasteiger partial charge is 0.439 e. The van der Waals surface area contributed by atoms with Crippen LogP contribution in [0.4, 0.5) is 4.79 Å². The van der Waals surface area contributed by atoms with Gasteiger partial charge in [0, 0.05) is 25.3 Å². The highest BCUT2D eigenvalue weighted by Gasteiger charge is 2.39. The van der Waals surface area contributed by atoms with Gasteiger partial charge in [-0.2, -0.15) is 0 Å². The molecule has 0 aromatic carbocycles. The summed E-state index contributed by atoms with van der Waals surface area (Å²) in [5, 5.41) is 0. The number of cyclic esters (lactones) is 1. The zero-order valence-corrected chi connectivity index (χ0v) is 12.2. The molecule has 0 unspecified atom stereocenters. The molecule has 3 amide bonds. The minimum absolute atomic E-state index is 0.179. The Bertz CT molecular complexity index is 592. The number of aryl methyl sites for hydroxylation is 1. The number of rotatable bonds is 2. The third-order valence-corrected chi connectivity index (χ3v) is 3.90. The molecular formula is C14H16N4O4. The van der Waals surface area contributed by atoms with Gasteiger partial charge in [-0.15, -0.1) is 0 Å². The molecule has 116 valence electrons. The van der Waals surface area contributed by atoms with E-state index in [0.717, 1.165) is 5.69 Å². The van der Waals surface area contributed by atoms with E-state index < -0.39 is 6.09 Å². The number of carbonyl (C=O) groups excluding carboxylic acids is 3. The molecule has 3 rings (SSSR count). The lowest BCUT2D eigenvalue weighted by Crippen LogP contribution is -2.48. The molecule has 8 heteroatoms. The zero-order valence-electron chi connectivity index (χ0n) is 12.2. The van der Waals surface area contributed by atoms with Crippen molar-refractivity contribution in [3.63, 3.8) is 0 Å². The van der Waals surface area contributed by atoms with Crippen molar-refractivity contribution >= 4 is 17.9 Å². The van der Waals surface area contributed by atoms with Crippen molar-refractivity contribution in [2.75, 3.05) is 19.7 Å². The Morgan fingerprint density at radius 1 is 1.23 bits per heavy atom. The Kier molecular flexibility index (Phi) is 3.74. The van der Waals surface area contributed by atoms with Gasteiger partial charge in [-0.3, -0.25) is 14.6 Å². The van der Waals surface area contributed by atoms with Crippen molar-refractivity contribution in [3.8, 4) is 0 Å². The summed E-state index contributed by atoms with van der Waals surface area (Å²) in [4.78, 5) is 46.5. The molecule has 2 saturated heterocycles. The molecule has 2 aliphatic heterocycles. The third kappa shape index (κ3) is 2.63. The lowest BCUT2D eigenvalue weighted by atomic mass is 10.0. The molecule has 1 aromatic rings. The average molecular weight is 304 g/mol. The average Bonchev–Trinajstić information content (AvgIpc) is 2.86. The molecule has 3 heterocycles. The van der Waals surface area contributed by atoms with Crippen LogP contribution in [-0.2, 0) is 9.53 Å². The van der Waals surface area contributed by atoms with Crippen LogP contribution in [0.5, 0.6) is 0 Å². The van der Waals surface area contributed by atoms with Crippen molar-refractivity contribution in [3.05, 3.63) is 23.8 Å². The number of likely N-dealkylation sites (tertiary alicyclic amines) is 1. The summed E-state index contributed by atoms with van der Waals surface area (Å²) in [6, 6.07) is -0.198. The minimum Gasteiger partial charge on any atom is -0.439 e. The number of ether oxygens (including phenoxy) is 1. The molecule has 0 atom stereocenters. The molecule has 0 bridgehead atoms. The highest BCUT2D eigenvalue weighted by molar-refractivity contribution is 5.98. The normalized spacial score (nSPS) is 19.5. The molecule has 22 heavy (non-hydrogen) atoms. The number of hydrogen-bond acceptors (Lipinski definition) is 6. The standard InChI is InChI=1S/C14H16N4O4/c1-9-6-16-11(7-15-9)13(20)17-4-2-10(3-5-17)18-12(19)8-22-14(18)21/h6-7,10H,2-5,8H2,1H3. The Morgan fingerprint density at radius 3 is 2.50 bits per heavy atom. The van der Waals surface area contributed by atoms with E-state index in [9.17, 15) is 14.4 Å². The molecule has 0 radical (unpaired) electrons. The number of amides is 3. The number of nitrogens with zero attached hydrogens (tertiary/aromatic N) is 4. The van der Waals surface area contributed by atoms with Gasteiger partial charge in [0.15, 0.2) is 6.61 Å². The maximum Gasteiger partial charge on any atom is 0.417 e. The molecule has 0 N–H and O–H groups in total. The number of hydrogen-bond donors (Lipinski definition) is 0. The van der Waals surface area contributed by atoms with Gasteiger partial charge in [0.05, 0.1) is 11.9 Å². The van der Waals surface area contributed by atoms with Gasteiger partial charge in [-0.05, 0) is 19.8 Å². The van der Waals surface area contributed by atoms with Crippen LogP contribution in [0.25, 0.3) is 0 Å². The molecule has 0 aliphatic carbocycles. The van der Waals surface area contributed by atoms with Gasteiger partial charge in [0.2, 0.25) is 0 Å². The monoisotopic (exact) mass is 304 g/mol. The summed E-state index contributed by atoms with van der Waals surface area (Å²) < 4.78 is 4.72. The SMILES string of the molecule is Cc1cnc(C(=O)N2CCC(N3C(=O)COC3=O)CC2)cn1. The molecular weight excluding hydrogens is 288 g/mol. The van der Waals surface area contributed by atoms with Crippen molar-refractivity contribution < 1.29 is 19.1 Å². The Balaban J connectivity index is 1.62. The fourth-order valence-corrected chi connectivity index (χ4v) is 2.71. The Labute approximate surface area is 127 Å². The van der Waals surface area contributed by atoms with E-state index in [2.05, 4.69) is 9.97 Å². The molecule has 0 spiro atoms. The van der Waals surface area contributed by atoms with Crippen LogP contribution in [0.15, 0.2) is 12.4 Å². The lowest BCUT2D eigenvalue weighted by Gasteiger charge is -2.34. The summed E-state index contributed by atoms with van der Waals surface area (Å²) >= 11 is 0. The molecule has 0 saturated carbocycles. The fraction of sp³-hybridized carbons (Fsp3) is 0.500. The lowest BCUT2D eigenvalue weighted by molar-refractivity contribution is -0.127. The zero-order chi connectivity index (χ0) is 15.7. The van der Waals surface area contributed by atoms with Gasteiger partial charge in [-0.1, -0.05) is 0 Å². The minimum atomic E-state index is -0.584. The summed E-state index contributed by atoms with van der Waals surface area (Å²) in [6.07, 6.45) is 3.53. The van der Waals surface area contributed by atoms with Crippen LogP contribution in [0.2, 0.25) is 0 Å². The van der Waals surface area contributed by atoms with Gasteiger partial charge in [-0.25, -0.2) is 14.7 Å². The first kappa shape index (κ1) is 14.4. The van der Waals surface area contributed by atoms with Crippen LogP contribution < -0.4 is 0 Å². The number of imide groups is 1. The van der Waals surface area contributed by atoms with Crippen LogP contribution in [0.3, 0.4) is 0 Å². The van der Waals surface area contributed by atoms with E-state index in [1.807, 2.05) is 0 Å². The third-order valence-electron chi connectivity index (χ3n) is 3.90. The molecule has 2 aliphatic rings. The summed E-state index contributed by atoms with van der Waals surface area (Å²) in [6.45, 7) is 2.56. The van der Waals surface area contributed by atoms with Gasteiger partial charge >= 0.3 is 6.09 Å². The highest BCUT2D eigenvalue weighted by Crippen LogP contribution is 2.21. The number of piperidine rings is 1. The Morgan fingerprint density at radius 2 is 1.95 bits per heavy atom. The van der Waals surface area contributed by atoms with Crippen molar-refractivity contribution in [1.29, 1.82) is 0 Å². The van der Waals surface area contributed by atoms with Gasteiger partial charge in [0.25, 0.3) is 11.8 Å². The Hall–Kier alpha value is -2.51. The summed E-state index contributed by atoms with van der Waals surface area (Å²) in [7, 11) is 0. The second-order valence-corrected chi connectivity index (χ2v) is 5.38. The molecule has 8 nitrogen and oxygen atoms in total. The fourth-order valence-electron chi connectivity index (χ4n) is 2.71. The first-order valence-corrected chi connectivity index (χ1v) is 7.13. The maximum absolute atomic E-state index is 12.3. The summed E-state index contributed by atoms with van der Waals surface area (Å²) in [5.74, 6) is -0.486. The highest BCUT2D eigenvalue weighted by atomic mass is 16.6. The quantitative estimate of drug-likeness (QED) is 0.783. The predicted molar refractivity (Wildman–Crippen MR) is 73.9 cm³/mol. The van der Waals surface area contributed by atoms with Crippen LogP contribution in [0.1, 0.15) is 29.0 Å². The van der Waals surface area contributed by atoms with Crippen molar-refractivity contribution in [2.45, 2.75) is 25.8 Å². The van der Waals surface area contributed by atoms with Gasteiger partial charge in [0.1, 0.15) is 5.69 Å². The van der Waals surface area contributed by atoms with E-state index in [-0.39, 0.29) is 24.5 Å². The summed E-state index contributed by atoms with van der Waals surface area (Å²) in [5.41, 5.74) is 1.06. The van der Waals surface area contributed by atoms with Crippen molar-refractivity contribution in [1.82, 2.24) is 19.8 Å². The second-order valence-electron chi connectivity index (χ2n) is 5.38. The maximum atomic E-state index is 12.3. The van der Waals surface area contributed by atoms with Crippen LogP contribution in [0, 0.1) is 6.92 Å². The van der Waals surface area contributed by atoms with E-state index in [0.29, 0.717) is 31.6 Å². The topological polar surface area (TPSA) is 92.7 Å². The second kappa shape index (κ2) is 5.70. The van der Waals surface area contributed by atoms with E-state index in [4.69, 9.17) is 4.74 Å². The van der Waals surface area contributed by atoms with Gasteiger partial charge < -0.3 is 9.64 Å². The molecule has 1 aromatic heterocycles. The smallest absolute Gasteiger partial charge is 0.417 e. The van der Waals surface area contributed by atoms with E-state index >= 15 is 0 Å². The van der Waals surface area contributed by atoms with Crippen LogP contribution >= 0.6 is 0 Å². The first-order chi connectivity index (χ1) is 10.6. The van der Waals surface area contributed by atoms with Crippen molar-refractivity contribution in [2.24, 2.45) is 0 Å². The van der Waals surface area contributed by atoms with E-state index in [1.54, 1.807) is 18.0 Å². The number of carbonyl (C=O) groups is 3. The van der Waals surface area contributed by atoms with Crippen LogP contribution in [-0.4, -0.2) is 63.4 Å². The van der Waals surface area contributed by atoms with E-state index in [1.165, 1.54) is 11.1 Å². The number of aromatic nitrogens is 2. The molecule has 2 fully saturated rings.